The van der Waals surface area contributed by atoms with Gasteiger partial charge >= 0.3 is 0 Å². The maximum Gasteiger partial charge on any atom is 0.150 e. The molecule has 2 aromatic rings. The average Bonchev–Trinajstić information content (AvgIpc) is 2.90. The molecule has 1 aliphatic heterocycles. The molecule has 22 heavy (non-hydrogen) atoms. The number of hydrogen-bond donors (Lipinski definition) is 1. The normalized spacial score (nSPS) is 18.8. The number of methoxy groups -OCH3 is 1. The number of para-hydroxylation sites is 1. The highest BCUT2D eigenvalue weighted by Crippen LogP contribution is 2.25. The Bertz CT molecular complexity index is 637. The van der Waals surface area contributed by atoms with E-state index < -0.39 is 0 Å². The van der Waals surface area contributed by atoms with Gasteiger partial charge in [0.25, 0.3) is 0 Å². The Morgan fingerprint density at radius 2 is 2.18 bits per heavy atom. The molecule has 2 heterocycles. The van der Waals surface area contributed by atoms with E-state index in [9.17, 15) is 0 Å². The fourth-order valence-electron chi connectivity index (χ4n) is 3.28. The van der Waals surface area contributed by atoms with Crippen LogP contribution in [0.2, 0.25) is 0 Å². The summed E-state index contributed by atoms with van der Waals surface area (Å²) in [6.45, 7) is 5.28. The molecule has 0 amide bonds. The quantitative estimate of drug-likeness (QED) is 0.922. The second kappa shape index (κ2) is 6.48. The standard InChI is InChI=1S/C17H24N4O/c1-12(11-14-7-4-5-9-16(14)22-3)18-15-8-6-10-21-13(2)19-20-17(15)21/h4-5,7,9,12,15,18H,6,8,10-11H2,1-3H3/t12-,15+/m1/s1. The molecule has 0 fully saturated rings. The van der Waals surface area contributed by atoms with E-state index in [4.69, 9.17) is 4.74 Å². The van der Waals surface area contributed by atoms with Gasteiger partial charge in [0.1, 0.15) is 17.4 Å². The van der Waals surface area contributed by atoms with Gasteiger partial charge in [-0.1, -0.05) is 18.2 Å². The molecule has 118 valence electrons. The monoisotopic (exact) mass is 300 g/mol. The molecule has 0 saturated carbocycles. The summed E-state index contributed by atoms with van der Waals surface area (Å²) in [6.07, 6.45) is 3.23. The first-order chi connectivity index (χ1) is 10.7. The molecule has 5 heteroatoms. The van der Waals surface area contributed by atoms with Gasteiger partial charge in [0, 0.05) is 12.6 Å². The van der Waals surface area contributed by atoms with Gasteiger partial charge in [0.05, 0.1) is 13.2 Å². The molecule has 5 nitrogen and oxygen atoms in total. The van der Waals surface area contributed by atoms with Crippen molar-refractivity contribution in [2.75, 3.05) is 7.11 Å². The summed E-state index contributed by atoms with van der Waals surface area (Å²) in [4.78, 5) is 0. The topological polar surface area (TPSA) is 52.0 Å². The Labute approximate surface area is 131 Å². The molecule has 1 aromatic heterocycles. The average molecular weight is 300 g/mol. The zero-order valence-corrected chi connectivity index (χ0v) is 13.5. The first-order valence-corrected chi connectivity index (χ1v) is 7.96. The van der Waals surface area contributed by atoms with E-state index in [0.717, 1.165) is 36.8 Å². The van der Waals surface area contributed by atoms with Gasteiger partial charge in [-0.2, -0.15) is 0 Å². The van der Waals surface area contributed by atoms with Crippen LogP contribution in [-0.4, -0.2) is 27.9 Å². The lowest BCUT2D eigenvalue weighted by atomic mass is 10.0. The van der Waals surface area contributed by atoms with Crippen molar-refractivity contribution in [2.45, 2.75) is 51.7 Å². The van der Waals surface area contributed by atoms with E-state index in [1.807, 2.05) is 19.1 Å². The second-order valence-electron chi connectivity index (χ2n) is 6.04. The van der Waals surface area contributed by atoms with Crippen LogP contribution >= 0.6 is 0 Å². The molecule has 1 aromatic carbocycles. The van der Waals surface area contributed by atoms with Crippen LogP contribution in [0.15, 0.2) is 24.3 Å². The summed E-state index contributed by atoms with van der Waals surface area (Å²) in [5.41, 5.74) is 1.23. The van der Waals surface area contributed by atoms with Crippen molar-refractivity contribution in [3.05, 3.63) is 41.5 Å². The molecule has 2 atom stereocenters. The van der Waals surface area contributed by atoms with Crippen LogP contribution in [0.25, 0.3) is 0 Å². The number of nitrogens with one attached hydrogen (secondary N) is 1. The van der Waals surface area contributed by atoms with Crippen LogP contribution in [0.4, 0.5) is 0 Å². The largest absolute Gasteiger partial charge is 0.496 e. The van der Waals surface area contributed by atoms with E-state index in [1.165, 1.54) is 12.0 Å². The smallest absolute Gasteiger partial charge is 0.150 e. The van der Waals surface area contributed by atoms with Crippen molar-refractivity contribution in [1.29, 1.82) is 0 Å². The molecule has 0 unspecified atom stereocenters. The zero-order chi connectivity index (χ0) is 15.5. The Balaban J connectivity index is 1.69. The van der Waals surface area contributed by atoms with Gasteiger partial charge in [0.2, 0.25) is 0 Å². The third kappa shape index (κ3) is 2.99. The van der Waals surface area contributed by atoms with Gasteiger partial charge in [0.15, 0.2) is 0 Å². The lowest BCUT2D eigenvalue weighted by Gasteiger charge is -2.27. The van der Waals surface area contributed by atoms with E-state index >= 15 is 0 Å². The lowest BCUT2D eigenvalue weighted by molar-refractivity contribution is 0.348. The number of hydrogen-bond acceptors (Lipinski definition) is 4. The summed E-state index contributed by atoms with van der Waals surface area (Å²) in [5.74, 6) is 3.05. The van der Waals surface area contributed by atoms with Crippen molar-refractivity contribution >= 4 is 0 Å². The van der Waals surface area contributed by atoms with Crippen LogP contribution in [0.3, 0.4) is 0 Å². The molecular weight excluding hydrogens is 276 g/mol. The second-order valence-corrected chi connectivity index (χ2v) is 6.04. The summed E-state index contributed by atoms with van der Waals surface area (Å²) in [7, 11) is 1.73. The summed E-state index contributed by atoms with van der Waals surface area (Å²) in [5, 5.41) is 12.3. The molecule has 0 aliphatic carbocycles. The lowest BCUT2D eigenvalue weighted by Crippen LogP contribution is -2.36. The minimum absolute atomic E-state index is 0.291. The first kappa shape index (κ1) is 15.0. The number of rotatable bonds is 5. The van der Waals surface area contributed by atoms with E-state index in [0.29, 0.717) is 12.1 Å². The number of aromatic nitrogens is 3. The zero-order valence-electron chi connectivity index (χ0n) is 13.5. The molecule has 0 bridgehead atoms. The fraction of sp³-hybridized carbons (Fsp3) is 0.529. The Kier molecular flexibility index (Phi) is 4.43. The van der Waals surface area contributed by atoms with Crippen molar-refractivity contribution < 1.29 is 4.74 Å². The maximum absolute atomic E-state index is 5.44. The van der Waals surface area contributed by atoms with Crippen LogP contribution in [-0.2, 0) is 13.0 Å². The van der Waals surface area contributed by atoms with Crippen molar-refractivity contribution in [2.24, 2.45) is 0 Å². The highest BCUT2D eigenvalue weighted by Gasteiger charge is 2.25. The number of fused-ring (bicyclic) bond motifs is 1. The van der Waals surface area contributed by atoms with Crippen molar-refractivity contribution in [3.8, 4) is 5.75 Å². The van der Waals surface area contributed by atoms with Gasteiger partial charge in [-0.15, -0.1) is 10.2 Å². The third-order valence-electron chi connectivity index (χ3n) is 4.35. The summed E-state index contributed by atoms with van der Waals surface area (Å²) >= 11 is 0. The predicted molar refractivity (Wildman–Crippen MR) is 86.0 cm³/mol. The molecule has 0 spiro atoms. The maximum atomic E-state index is 5.44. The number of ether oxygens (including phenoxy) is 1. The highest BCUT2D eigenvalue weighted by atomic mass is 16.5. The van der Waals surface area contributed by atoms with Gasteiger partial charge < -0.3 is 14.6 Å². The highest BCUT2D eigenvalue weighted by molar-refractivity contribution is 5.33. The molecule has 0 radical (unpaired) electrons. The first-order valence-electron chi connectivity index (χ1n) is 7.96. The summed E-state index contributed by atoms with van der Waals surface area (Å²) in [6, 6.07) is 8.86. The van der Waals surface area contributed by atoms with Gasteiger partial charge in [-0.05, 0) is 44.7 Å². The minimum atomic E-state index is 0.291. The molecule has 1 aliphatic rings. The number of nitrogens with zero attached hydrogens (tertiary/aromatic N) is 3. The molecule has 0 saturated heterocycles. The molecule has 3 rings (SSSR count). The van der Waals surface area contributed by atoms with E-state index in [2.05, 4.69) is 39.1 Å². The van der Waals surface area contributed by atoms with Crippen LogP contribution in [0.5, 0.6) is 5.75 Å². The number of aryl methyl sites for hydroxylation is 1. The van der Waals surface area contributed by atoms with Crippen LogP contribution in [0.1, 0.15) is 43.0 Å². The molecular formula is C17H24N4O. The predicted octanol–water partition coefficient (Wildman–Crippen LogP) is 2.65. The SMILES string of the molecule is COc1ccccc1C[C@@H](C)N[C@H]1CCCn2c(C)nnc21. The fourth-order valence-corrected chi connectivity index (χ4v) is 3.28. The Hall–Kier alpha value is -1.88. The Morgan fingerprint density at radius 3 is 3.00 bits per heavy atom. The van der Waals surface area contributed by atoms with Crippen LogP contribution < -0.4 is 10.1 Å². The van der Waals surface area contributed by atoms with E-state index in [1.54, 1.807) is 7.11 Å². The number of benzene rings is 1. The molecule has 1 N–H and O–H groups in total. The van der Waals surface area contributed by atoms with E-state index in [-0.39, 0.29) is 0 Å². The van der Waals surface area contributed by atoms with Crippen molar-refractivity contribution in [1.82, 2.24) is 20.1 Å². The third-order valence-corrected chi connectivity index (χ3v) is 4.35. The van der Waals surface area contributed by atoms with Gasteiger partial charge in [-0.25, -0.2) is 0 Å². The van der Waals surface area contributed by atoms with Gasteiger partial charge in [-0.3, -0.25) is 0 Å². The van der Waals surface area contributed by atoms with Crippen molar-refractivity contribution in [3.63, 3.8) is 0 Å². The summed E-state index contributed by atoms with van der Waals surface area (Å²) < 4.78 is 7.67. The Morgan fingerprint density at radius 1 is 1.36 bits per heavy atom. The minimum Gasteiger partial charge on any atom is -0.496 e. The van der Waals surface area contributed by atoms with Crippen LogP contribution in [0, 0.1) is 6.92 Å².